The number of dihydropyridines is 1. The number of allylic oxidation sites excluding steroid dienone is 2. The predicted octanol–water partition coefficient (Wildman–Crippen LogP) is 4.22. The summed E-state index contributed by atoms with van der Waals surface area (Å²) >= 11 is 0. The third-order valence-corrected chi connectivity index (χ3v) is 4.89. The molecule has 144 valence electrons. The van der Waals surface area contributed by atoms with Gasteiger partial charge in [0.15, 0.2) is 5.82 Å². The zero-order chi connectivity index (χ0) is 20.1. The first kappa shape index (κ1) is 18.8. The largest absolute Gasteiger partial charge is 0.387 e. The van der Waals surface area contributed by atoms with E-state index in [0.717, 1.165) is 41.1 Å². The molecule has 0 spiro atoms. The van der Waals surface area contributed by atoms with Crippen molar-refractivity contribution in [1.82, 2.24) is 15.3 Å². The average molecular weight is 381 g/mol. The van der Waals surface area contributed by atoms with E-state index >= 15 is 0 Å². The van der Waals surface area contributed by atoms with Crippen LogP contribution in [-0.2, 0) is 6.42 Å². The molecule has 0 saturated heterocycles. The number of hydrogen-bond acceptors (Lipinski definition) is 3. The summed E-state index contributed by atoms with van der Waals surface area (Å²) in [6, 6.07) is 17.9. The van der Waals surface area contributed by atoms with Crippen molar-refractivity contribution >= 4 is 5.57 Å². The van der Waals surface area contributed by atoms with Gasteiger partial charge in [0.2, 0.25) is 0 Å². The van der Waals surface area contributed by atoms with Gasteiger partial charge in [-0.25, -0.2) is 4.98 Å². The van der Waals surface area contributed by atoms with Gasteiger partial charge in [-0.05, 0) is 41.3 Å². The molecule has 0 radical (unpaired) electrons. The highest BCUT2D eigenvalue weighted by Gasteiger charge is 2.15. The summed E-state index contributed by atoms with van der Waals surface area (Å²) in [6.07, 6.45) is 6.23. The van der Waals surface area contributed by atoms with Crippen LogP contribution < -0.4 is 5.32 Å². The minimum Gasteiger partial charge on any atom is -0.387 e. The normalized spacial score (nSPS) is 13.8. The second-order valence-electron chi connectivity index (χ2n) is 6.84. The van der Waals surface area contributed by atoms with Crippen molar-refractivity contribution in [3.63, 3.8) is 0 Å². The van der Waals surface area contributed by atoms with Crippen molar-refractivity contribution < 1.29 is 5.11 Å². The molecule has 29 heavy (non-hydrogen) atoms. The van der Waals surface area contributed by atoms with Crippen molar-refractivity contribution in [2.24, 2.45) is 0 Å². The number of nitrogens with one attached hydrogen (secondary N) is 2. The van der Waals surface area contributed by atoms with E-state index in [-0.39, 0.29) is 0 Å². The fraction of sp³-hybridized carbons (Fsp3) is 0.160. The maximum Gasteiger partial charge on any atom is 0.183 e. The van der Waals surface area contributed by atoms with Crippen molar-refractivity contribution in [3.05, 3.63) is 95.6 Å². The first-order chi connectivity index (χ1) is 14.2. The lowest BCUT2D eigenvalue weighted by atomic mass is 10.0. The van der Waals surface area contributed by atoms with Gasteiger partial charge in [-0.15, -0.1) is 0 Å². The second-order valence-corrected chi connectivity index (χ2v) is 6.84. The van der Waals surface area contributed by atoms with Crippen LogP contribution in [0.2, 0.25) is 0 Å². The molecule has 0 bridgehead atoms. The van der Waals surface area contributed by atoms with E-state index in [2.05, 4.69) is 59.4 Å². The van der Waals surface area contributed by atoms with E-state index in [1.54, 1.807) is 0 Å². The highest BCUT2D eigenvalue weighted by Crippen LogP contribution is 2.28. The summed E-state index contributed by atoms with van der Waals surface area (Å²) in [7, 11) is 0. The zero-order valence-corrected chi connectivity index (χ0v) is 16.3. The molecule has 3 aromatic rings. The molecule has 4 rings (SSSR count). The fourth-order valence-electron chi connectivity index (χ4n) is 3.24. The van der Waals surface area contributed by atoms with Crippen LogP contribution in [0.25, 0.3) is 16.8 Å². The highest BCUT2D eigenvalue weighted by atomic mass is 16.3. The van der Waals surface area contributed by atoms with Gasteiger partial charge in [0, 0.05) is 12.1 Å². The van der Waals surface area contributed by atoms with Crippen molar-refractivity contribution in [3.8, 4) is 23.1 Å². The molecule has 3 N–H and O–H groups in total. The van der Waals surface area contributed by atoms with Gasteiger partial charge in [0.25, 0.3) is 0 Å². The summed E-state index contributed by atoms with van der Waals surface area (Å²) in [5, 5.41) is 13.5. The van der Waals surface area contributed by atoms with Crippen molar-refractivity contribution in [2.45, 2.75) is 19.4 Å². The van der Waals surface area contributed by atoms with Gasteiger partial charge in [-0.2, -0.15) is 0 Å². The van der Waals surface area contributed by atoms with Crippen molar-refractivity contribution in [1.29, 1.82) is 0 Å². The number of hydrogen-bond donors (Lipinski definition) is 3. The van der Waals surface area contributed by atoms with E-state index in [4.69, 9.17) is 4.98 Å². The van der Waals surface area contributed by atoms with Crippen LogP contribution in [0.15, 0.2) is 72.9 Å². The first-order valence-electron chi connectivity index (χ1n) is 9.79. The number of imidazole rings is 1. The van der Waals surface area contributed by atoms with E-state index in [0.29, 0.717) is 5.82 Å². The molecule has 0 amide bonds. The maximum atomic E-state index is 10.3. The Morgan fingerprint density at radius 3 is 2.59 bits per heavy atom. The SMILES string of the molecule is CCc1ccc(-c2nc(C#CC(O)c3ccccc3)[nH]c2C2=CCNC=C2)cc1. The van der Waals surface area contributed by atoms with E-state index in [9.17, 15) is 5.11 Å². The van der Waals surface area contributed by atoms with Crippen LogP contribution in [0.5, 0.6) is 0 Å². The van der Waals surface area contributed by atoms with Gasteiger partial charge < -0.3 is 15.4 Å². The molecule has 1 aromatic heterocycles. The van der Waals surface area contributed by atoms with E-state index < -0.39 is 6.10 Å². The fourth-order valence-corrected chi connectivity index (χ4v) is 3.24. The van der Waals surface area contributed by atoms with Crippen LogP contribution in [0.3, 0.4) is 0 Å². The molecular weight excluding hydrogens is 358 g/mol. The summed E-state index contributed by atoms with van der Waals surface area (Å²) in [5.41, 5.74) is 5.97. The number of aliphatic hydroxyl groups is 1. The molecule has 4 nitrogen and oxygen atoms in total. The molecule has 1 aliphatic heterocycles. The summed E-state index contributed by atoms with van der Waals surface area (Å²) in [4.78, 5) is 8.08. The lowest BCUT2D eigenvalue weighted by molar-refractivity contribution is 0.238. The number of nitrogens with zero attached hydrogens (tertiary/aromatic N) is 1. The van der Waals surface area contributed by atoms with Gasteiger partial charge in [-0.3, -0.25) is 0 Å². The number of aromatic nitrogens is 2. The minimum atomic E-state index is -0.852. The third kappa shape index (κ3) is 4.31. The Hall–Kier alpha value is -3.55. The first-order valence-corrected chi connectivity index (χ1v) is 9.79. The molecule has 0 saturated carbocycles. The maximum absolute atomic E-state index is 10.3. The van der Waals surface area contributed by atoms with Crippen LogP contribution in [0, 0.1) is 11.8 Å². The highest BCUT2D eigenvalue weighted by molar-refractivity contribution is 5.82. The molecule has 2 aromatic carbocycles. The summed E-state index contributed by atoms with van der Waals surface area (Å²) < 4.78 is 0. The predicted molar refractivity (Wildman–Crippen MR) is 117 cm³/mol. The molecule has 0 aliphatic carbocycles. The molecule has 1 unspecified atom stereocenters. The number of aliphatic hydroxyl groups excluding tert-OH is 1. The smallest absolute Gasteiger partial charge is 0.183 e. The molecule has 1 atom stereocenters. The van der Waals surface area contributed by atoms with Crippen molar-refractivity contribution in [2.75, 3.05) is 6.54 Å². The number of benzene rings is 2. The van der Waals surface area contributed by atoms with E-state index in [1.165, 1.54) is 5.56 Å². The van der Waals surface area contributed by atoms with Gasteiger partial charge >= 0.3 is 0 Å². The molecule has 0 fully saturated rings. The topological polar surface area (TPSA) is 60.9 Å². The van der Waals surface area contributed by atoms with Gasteiger partial charge in [0.05, 0.1) is 11.4 Å². The Morgan fingerprint density at radius 1 is 1.10 bits per heavy atom. The van der Waals surface area contributed by atoms with Crippen LogP contribution in [0.1, 0.15) is 35.7 Å². The Morgan fingerprint density at radius 2 is 1.90 bits per heavy atom. The Labute approximate surface area is 171 Å². The van der Waals surface area contributed by atoms with Crippen LogP contribution in [0.4, 0.5) is 0 Å². The zero-order valence-electron chi connectivity index (χ0n) is 16.3. The number of H-pyrrole nitrogens is 1. The summed E-state index contributed by atoms with van der Waals surface area (Å²) in [6.45, 7) is 2.91. The lowest BCUT2D eigenvalue weighted by Crippen LogP contribution is -2.08. The van der Waals surface area contributed by atoms with Gasteiger partial charge in [-0.1, -0.05) is 73.5 Å². The van der Waals surface area contributed by atoms with Crippen LogP contribution >= 0.6 is 0 Å². The standard InChI is InChI=1S/C25H23N3O/c1-2-18-8-10-20(11-9-18)24-25(21-14-16-26-17-15-21)28-23(27-24)13-12-22(29)19-6-4-3-5-7-19/h3-11,14-16,22,26,29H,2,17H2,1H3,(H,27,28). The quantitative estimate of drug-likeness (QED) is 0.593. The Bertz CT molecular complexity index is 1100. The second kappa shape index (κ2) is 8.64. The third-order valence-electron chi connectivity index (χ3n) is 4.89. The summed E-state index contributed by atoms with van der Waals surface area (Å²) in [5.74, 6) is 6.43. The average Bonchev–Trinajstić information content (AvgIpc) is 3.23. The lowest BCUT2D eigenvalue weighted by Gasteiger charge is -2.09. The Balaban J connectivity index is 1.71. The molecule has 4 heteroatoms. The monoisotopic (exact) mass is 381 g/mol. The molecule has 1 aliphatic rings. The molecule has 2 heterocycles. The minimum absolute atomic E-state index is 0.539. The van der Waals surface area contributed by atoms with Crippen LogP contribution in [-0.4, -0.2) is 21.6 Å². The molecular formula is C25H23N3O. The van der Waals surface area contributed by atoms with Gasteiger partial charge in [0.1, 0.15) is 6.10 Å². The Kier molecular flexibility index (Phi) is 5.60. The van der Waals surface area contributed by atoms with E-state index in [1.807, 2.05) is 42.6 Å². The number of rotatable bonds is 4. The number of aromatic amines is 1. The number of aryl methyl sites for hydroxylation is 1.